The van der Waals surface area contributed by atoms with Crippen LogP contribution in [0, 0.1) is 18.6 Å². The molecule has 1 aliphatic heterocycles. The van der Waals surface area contributed by atoms with Crippen molar-refractivity contribution in [1.82, 2.24) is 5.32 Å². The summed E-state index contributed by atoms with van der Waals surface area (Å²) in [6, 6.07) is 11.3. The largest absolute Gasteiger partial charge is 0.390 e. The van der Waals surface area contributed by atoms with Crippen molar-refractivity contribution in [2.45, 2.75) is 75.8 Å². The molecule has 2 fully saturated rings. The highest BCUT2D eigenvalue weighted by Gasteiger charge is 2.51. The number of nitrogens with one attached hydrogen (secondary N) is 1. The molecule has 1 aliphatic carbocycles. The molecule has 4 rings (SSSR count). The average Bonchev–Trinajstić information content (AvgIpc) is 3.39. The van der Waals surface area contributed by atoms with Crippen molar-refractivity contribution in [2.75, 3.05) is 13.2 Å². The minimum Gasteiger partial charge on any atom is -0.390 e. The number of carbonyl (C=O) groups excluding carboxylic acids is 1. The SMILES string of the molecule is Cc1ccccc1CO[C@]1(C(=O)NCC2CCCO2)CC(OCc2cccc(F)c2F)[C@H](O)[C@H](O)C1. The molecule has 36 heavy (non-hydrogen) atoms. The van der Waals surface area contributed by atoms with Gasteiger partial charge < -0.3 is 29.7 Å². The van der Waals surface area contributed by atoms with E-state index in [1.54, 1.807) is 0 Å². The van der Waals surface area contributed by atoms with E-state index in [0.717, 1.165) is 30.0 Å². The Morgan fingerprint density at radius 1 is 1.11 bits per heavy atom. The summed E-state index contributed by atoms with van der Waals surface area (Å²) >= 11 is 0. The predicted octanol–water partition coefficient (Wildman–Crippen LogP) is 2.92. The molecule has 3 N–H and O–H groups in total. The Balaban J connectivity index is 1.53. The topological polar surface area (TPSA) is 97.3 Å². The van der Waals surface area contributed by atoms with E-state index in [9.17, 15) is 23.8 Å². The monoisotopic (exact) mass is 505 g/mol. The van der Waals surface area contributed by atoms with Crippen molar-refractivity contribution in [2.24, 2.45) is 0 Å². The number of ether oxygens (including phenoxy) is 3. The van der Waals surface area contributed by atoms with Crippen LogP contribution >= 0.6 is 0 Å². The van der Waals surface area contributed by atoms with Crippen LogP contribution in [0.2, 0.25) is 0 Å². The van der Waals surface area contributed by atoms with Gasteiger partial charge in [-0.25, -0.2) is 8.78 Å². The van der Waals surface area contributed by atoms with E-state index in [4.69, 9.17) is 14.2 Å². The molecule has 0 aromatic heterocycles. The van der Waals surface area contributed by atoms with Crippen molar-refractivity contribution in [1.29, 1.82) is 0 Å². The van der Waals surface area contributed by atoms with Crippen LogP contribution in [0.3, 0.4) is 0 Å². The van der Waals surface area contributed by atoms with Crippen LogP contribution in [0.25, 0.3) is 0 Å². The molecule has 1 saturated carbocycles. The number of carbonyl (C=O) groups is 1. The molecule has 9 heteroatoms. The first-order valence-electron chi connectivity index (χ1n) is 12.3. The molecule has 0 spiro atoms. The highest BCUT2D eigenvalue weighted by Crippen LogP contribution is 2.36. The summed E-state index contributed by atoms with van der Waals surface area (Å²) < 4.78 is 45.3. The summed E-state index contributed by atoms with van der Waals surface area (Å²) in [6.45, 7) is 2.64. The Morgan fingerprint density at radius 2 is 1.89 bits per heavy atom. The number of aliphatic hydroxyl groups excluding tert-OH is 2. The first kappa shape index (κ1) is 26.6. The maximum atomic E-state index is 14.1. The summed E-state index contributed by atoms with van der Waals surface area (Å²) in [7, 11) is 0. The van der Waals surface area contributed by atoms with E-state index in [2.05, 4.69) is 5.32 Å². The second-order valence-corrected chi connectivity index (χ2v) is 9.58. The standard InChI is InChI=1S/C27H33F2NO6/c1-17-6-2-3-7-18(17)16-36-27(26(33)30-14-20-9-5-11-34-20)12-22(31)25(32)23(13-27)35-15-19-8-4-10-21(28)24(19)29/h2-4,6-8,10,20,22-23,25,31-32H,5,9,11-16H2,1H3,(H,30,33)/t20?,22-,23?,25-,27+/m1/s1. The summed E-state index contributed by atoms with van der Waals surface area (Å²) in [5.41, 5.74) is 0.323. The van der Waals surface area contributed by atoms with Crippen molar-refractivity contribution in [3.05, 3.63) is 70.8 Å². The lowest BCUT2D eigenvalue weighted by atomic mass is 9.78. The normalized spacial score (nSPS) is 28.2. The van der Waals surface area contributed by atoms with Gasteiger partial charge >= 0.3 is 0 Å². The van der Waals surface area contributed by atoms with Gasteiger partial charge in [-0.2, -0.15) is 0 Å². The van der Waals surface area contributed by atoms with Gasteiger partial charge in [-0.1, -0.05) is 36.4 Å². The van der Waals surface area contributed by atoms with E-state index < -0.39 is 41.5 Å². The fourth-order valence-corrected chi connectivity index (χ4v) is 4.78. The van der Waals surface area contributed by atoms with Crippen molar-refractivity contribution in [3.63, 3.8) is 0 Å². The molecule has 1 amide bonds. The quantitative estimate of drug-likeness (QED) is 0.485. The zero-order valence-corrected chi connectivity index (χ0v) is 20.3. The van der Waals surface area contributed by atoms with Crippen LogP contribution in [0.4, 0.5) is 8.78 Å². The second kappa shape index (κ2) is 11.7. The lowest BCUT2D eigenvalue weighted by Crippen LogP contribution is -2.61. The fourth-order valence-electron chi connectivity index (χ4n) is 4.78. The summed E-state index contributed by atoms with van der Waals surface area (Å²) in [6.07, 6.45) is -2.27. The third-order valence-electron chi connectivity index (χ3n) is 7.02. The number of amides is 1. The minimum atomic E-state index is -1.51. The molecule has 0 bridgehead atoms. The highest BCUT2D eigenvalue weighted by molar-refractivity contribution is 5.85. The first-order valence-corrected chi connectivity index (χ1v) is 12.3. The molecule has 2 aromatic carbocycles. The van der Waals surface area contributed by atoms with Gasteiger partial charge in [0.15, 0.2) is 17.2 Å². The molecular weight excluding hydrogens is 472 g/mol. The molecule has 196 valence electrons. The molecule has 2 unspecified atom stereocenters. The zero-order valence-electron chi connectivity index (χ0n) is 20.3. The number of aryl methyl sites for hydroxylation is 1. The molecule has 1 saturated heterocycles. The van der Waals surface area contributed by atoms with Gasteiger partial charge in [-0.15, -0.1) is 0 Å². The van der Waals surface area contributed by atoms with E-state index >= 15 is 0 Å². The number of hydrogen-bond donors (Lipinski definition) is 3. The smallest absolute Gasteiger partial charge is 0.252 e. The molecule has 7 nitrogen and oxygen atoms in total. The van der Waals surface area contributed by atoms with Gasteiger partial charge in [0.1, 0.15) is 6.10 Å². The first-order chi connectivity index (χ1) is 17.3. The third kappa shape index (κ3) is 6.10. The van der Waals surface area contributed by atoms with Crippen molar-refractivity contribution >= 4 is 5.91 Å². The summed E-state index contributed by atoms with van der Waals surface area (Å²) in [5, 5.41) is 24.2. The lowest BCUT2D eigenvalue weighted by molar-refractivity contribution is -0.200. The van der Waals surface area contributed by atoms with Gasteiger partial charge in [0, 0.05) is 31.6 Å². The number of aliphatic hydroxyl groups is 2. The number of rotatable bonds is 9. The maximum absolute atomic E-state index is 14.1. The maximum Gasteiger partial charge on any atom is 0.252 e. The van der Waals surface area contributed by atoms with Crippen LogP contribution < -0.4 is 5.32 Å². The molecule has 5 atom stereocenters. The molecule has 1 heterocycles. The van der Waals surface area contributed by atoms with E-state index in [1.165, 1.54) is 12.1 Å². The molecule has 2 aromatic rings. The van der Waals surface area contributed by atoms with E-state index in [1.807, 2.05) is 31.2 Å². The van der Waals surface area contributed by atoms with Crippen LogP contribution in [-0.4, -0.2) is 59.3 Å². The highest BCUT2D eigenvalue weighted by atomic mass is 19.2. The van der Waals surface area contributed by atoms with Crippen LogP contribution in [-0.2, 0) is 32.2 Å². The van der Waals surface area contributed by atoms with E-state index in [0.29, 0.717) is 13.2 Å². The Labute approximate surface area is 209 Å². The van der Waals surface area contributed by atoms with Gasteiger partial charge in [-0.3, -0.25) is 4.79 Å². The van der Waals surface area contributed by atoms with Crippen LogP contribution in [0.15, 0.2) is 42.5 Å². The third-order valence-corrected chi connectivity index (χ3v) is 7.02. The van der Waals surface area contributed by atoms with Gasteiger partial charge in [0.2, 0.25) is 0 Å². The average molecular weight is 506 g/mol. The Kier molecular flexibility index (Phi) is 8.69. The van der Waals surface area contributed by atoms with Crippen LogP contribution in [0.5, 0.6) is 0 Å². The minimum absolute atomic E-state index is 0.0310. The Bertz CT molecular complexity index is 1050. The Morgan fingerprint density at radius 3 is 2.64 bits per heavy atom. The molecule has 2 aliphatic rings. The summed E-state index contributed by atoms with van der Waals surface area (Å²) in [4.78, 5) is 13.5. The van der Waals surface area contributed by atoms with Crippen molar-refractivity contribution < 1.29 is 38.0 Å². The van der Waals surface area contributed by atoms with Crippen molar-refractivity contribution in [3.8, 4) is 0 Å². The zero-order chi connectivity index (χ0) is 25.7. The lowest BCUT2D eigenvalue weighted by Gasteiger charge is -2.44. The second-order valence-electron chi connectivity index (χ2n) is 9.58. The van der Waals surface area contributed by atoms with Gasteiger partial charge in [0.25, 0.3) is 5.91 Å². The van der Waals surface area contributed by atoms with Crippen LogP contribution in [0.1, 0.15) is 42.4 Å². The predicted molar refractivity (Wildman–Crippen MR) is 127 cm³/mol. The van der Waals surface area contributed by atoms with E-state index in [-0.39, 0.29) is 37.7 Å². The fraction of sp³-hybridized carbons (Fsp3) is 0.519. The summed E-state index contributed by atoms with van der Waals surface area (Å²) in [5.74, 6) is -2.49. The number of hydrogen-bond acceptors (Lipinski definition) is 6. The number of halogens is 2. The molecular formula is C27H33F2NO6. The number of benzene rings is 2. The molecule has 0 radical (unpaired) electrons. The Hall–Kier alpha value is -2.43. The van der Waals surface area contributed by atoms with Gasteiger partial charge in [-0.05, 0) is 37.0 Å². The van der Waals surface area contributed by atoms with Gasteiger partial charge in [0.05, 0.1) is 31.5 Å².